The molecule has 0 aliphatic heterocycles. The van der Waals surface area contributed by atoms with Gasteiger partial charge in [-0.1, -0.05) is 258 Å². The van der Waals surface area contributed by atoms with Crippen LogP contribution >= 0.6 is 91.5 Å². The molecule has 0 radical (unpaired) electrons. The Balaban J connectivity index is 0.995. The van der Waals surface area contributed by atoms with Gasteiger partial charge in [0.05, 0.1) is 46.1 Å². The van der Waals surface area contributed by atoms with Crippen molar-refractivity contribution in [3.8, 4) is 72.8 Å². The Morgan fingerprint density at radius 1 is 0.348 bits per heavy atom. The molecule has 0 saturated heterocycles. The number of fused-ring (bicyclic) bond motifs is 10. The van der Waals surface area contributed by atoms with Crippen LogP contribution < -0.4 is 9.47 Å². The summed E-state index contributed by atoms with van der Waals surface area (Å²) in [6.07, 6.45) is 41.1. The van der Waals surface area contributed by atoms with E-state index in [2.05, 4.69) is 186 Å². The Kier molecular flexibility index (Phi) is 30.5. The van der Waals surface area contributed by atoms with Crippen LogP contribution in [0.25, 0.3) is 104 Å². The van der Waals surface area contributed by atoms with Crippen molar-refractivity contribution in [3.05, 3.63) is 92.7 Å². The molecule has 8 aromatic heterocycles. The molecule has 13 rings (SSSR count). The number of unbranched alkanes of at least 4 members (excludes halogenated alkanes) is 8. The fourth-order valence-electron chi connectivity index (χ4n) is 20.0. The molecule has 0 spiro atoms. The largest absolute Gasteiger partial charge is 0.491 e. The summed E-state index contributed by atoms with van der Waals surface area (Å²) < 4.78 is 39.5. The molecule has 6 atom stereocenters. The van der Waals surface area contributed by atoms with E-state index in [1.54, 1.807) is 22.3 Å². The molecule has 0 N–H and O–H groups in total. The zero-order valence-electron chi connectivity index (χ0n) is 71.1. The smallest absolute Gasteiger partial charge is 0.146 e. The molecule has 11 aromatic rings. The molecule has 0 fully saturated rings. The topological polar surface area (TPSA) is 70.0 Å². The Bertz CT molecular complexity index is 4710. The number of rotatable bonds is 49. The van der Waals surface area contributed by atoms with Gasteiger partial charge in [0, 0.05) is 82.9 Å². The summed E-state index contributed by atoms with van der Waals surface area (Å²) in [6.45, 7) is 37.3. The van der Waals surface area contributed by atoms with Crippen molar-refractivity contribution in [2.24, 2.45) is 35.5 Å². The van der Waals surface area contributed by atoms with Crippen molar-refractivity contribution in [1.29, 1.82) is 0 Å². The maximum absolute atomic E-state index is 7.67. The van der Waals surface area contributed by atoms with Crippen molar-refractivity contribution in [1.82, 2.24) is 17.5 Å². The summed E-state index contributed by atoms with van der Waals surface area (Å²) >= 11 is 14.7. The fraction of sp³-hybridized carbons (Fsp3) is 0.612. The number of aryl methyl sites for hydroxylation is 1. The maximum atomic E-state index is 7.67. The predicted octanol–water partition coefficient (Wildman–Crippen LogP) is 34.8. The quantitative estimate of drug-likeness (QED) is 0.0354. The van der Waals surface area contributed by atoms with Gasteiger partial charge in [-0.2, -0.15) is 17.5 Å². The van der Waals surface area contributed by atoms with Gasteiger partial charge in [-0.3, -0.25) is 0 Å². The van der Waals surface area contributed by atoms with Gasteiger partial charge in [-0.05, 0) is 198 Å². The molecule has 0 saturated carbocycles. The highest BCUT2D eigenvalue weighted by Gasteiger charge is 2.50. The van der Waals surface area contributed by atoms with Crippen LogP contribution in [-0.2, 0) is 17.3 Å². The third-order valence-electron chi connectivity index (χ3n) is 27.1. The van der Waals surface area contributed by atoms with Gasteiger partial charge in [0.15, 0.2) is 0 Å². The van der Waals surface area contributed by atoms with E-state index in [4.69, 9.17) is 27.0 Å². The average molecular weight is 1660 g/mol. The number of benzene rings is 3. The van der Waals surface area contributed by atoms with Crippen molar-refractivity contribution in [2.45, 2.75) is 339 Å². The Labute approximate surface area is 707 Å². The second kappa shape index (κ2) is 39.9. The molecule has 3 aromatic carbocycles. The lowest BCUT2D eigenvalue weighted by Gasteiger charge is -2.37. The molecule has 14 heteroatoms. The summed E-state index contributed by atoms with van der Waals surface area (Å²) in [7, 11) is 0. The second-order valence-electron chi connectivity index (χ2n) is 34.2. The highest BCUT2D eigenvalue weighted by molar-refractivity contribution is 7.26. The molecule has 0 amide bonds. The first-order valence-corrected chi connectivity index (χ1v) is 51.6. The molecule has 2 aliphatic rings. The first kappa shape index (κ1) is 85.5. The number of aromatic nitrogens is 4. The maximum Gasteiger partial charge on any atom is 0.146 e. The monoisotopic (exact) mass is 1650 g/mol. The van der Waals surface area contributed by atoms with E-state index in [-0.39, 0.29) is 10.8 Å². The zero-order valence-corrected chi connectivity index (χ0v) is 77.7. The minimum Gasteiger partial charge on any atom is -0.491 e. The summed E-state index contributed by atoms with van der Waals surface area (Å²) in [4.78, 5) is 11.3. The Morgan fingerprint density at radius 3 is 1.12 bits per heavy atom. The summed E-state index contributed by atoms with van der Waals surface area (Å²) in [6, 6.07) is 20.7. The standard InChI is InChI=1S/C98H134N4O2S8/c1-16-31-38-45-69-50-71(85-87(101-111-99-85)83(69)81-54-77-95(109-81)93-75(46-48-105-93)97(77,56-62(23-8)39-32-17-2)57-63(24-9)40-33-18-3)79-52-73-89(103-60-66(27-12)43-36-21-6)92-74(90(91(73)107-79)104-61-67(28-13)44-37-22-7)53-80(108-92)72-51-70(68(29-14)30-15)84(88-86(72)100-112-102-88)82-55-78-96(110-82)94-76(47-49-106-94)98(78,58-64(25-10)41-34-19-4)59-65(26-11)42-35-20-5/h46-55,62-68H,16-45,56-61H2,1-15H3. The number of thiophene rings is 6. The van der Waals surface area contributed by atoms with Crippen molar-refractivity contribution < 1.29 is 9.47 Å². The lowest BCUT2D eigenvalue weighted by molar-refractivity contribution is 0.235. The van der Waals surface area contributed by atoms with Crippen LogP contribution in [0.2, 0.25) is 0 Å². The van der Waals surface area contributed by atoms with Gasteiger partial charge in [0.1, 0.15) is 33.6 Å². The SMILES string of the molecule is CCCCCc1cc(-c2cc3c(OCC(CC)CCCC)c4sc(-c5cc(C(CC)CC)c(-c6cc7c(s6)-c6sccc6C7(CC(CC)CCCC)CC(CC)CCCC)c6nsnc56)cc4c(OCC(CC)CCCC)c3s2)c2nsnc2c1-c1cc2c(s1)-c1sccc1C2(CC(CC)CCCC)CC(CC)CCCC. The molecule has 6 unspecified atom stereocenters. The van der Waals surface area contributed by atoms with Crippen molar-refractivity contribution in [3.63, 3.8) is 0 Å². The molecular weight excluding hydrogens is 1520 g/mol. The van der Waals surface area contributed by atoms with Crippen LogP contribution in [0, 0.1) is 35.5 Å². The van der Waals surface area contributed by atoms with Gasteiger partial charge >= 0.3 is 0 Å². The summed E-state index contributed by atoms with van der Waals surface area (Å²) in [5.74, 6) is 5.96. The minimum atomic E-state index is 0.000971. The van der Waals surface area contributed by atoms with E-state index in [9.17, 15) is 0 Å². The minimum absolute atomic E-state index is 0.000971. The van der Waals surface area contributed by atoms with Crippen molar-refractivity contribution in [2.75, 3.05) is 13.2 Å². The van der Waals surface area contributed by atoms with E-state index in [0.29, 0.717) is 54.6 Å². The summed E-state index contributed by atoms with van der Waals surface area (Å²) in [5, 5.41) is 7.14. The van der Waals surface area contributed by atoms with E-state index < -0.39 is 0 Å². The van der Waals surface area contributed by atoms with E-state index in [1.165, 1.54) is 272 Å². The van der Waals surface area contributed by atoms with E-state index >= 15 is 0 Å². The molecule has 8 heterocycles. The van der Waals surface area contributed by atoms with Crippen molar-refractivity contribution >= 4 is 134 Å². The molecule has 0 bridgehead atoms. The molecule has 2 aliphatic carbocycles. The average Bonchev–Trinajstić information content (AvgIpc) is 1.55. The first-order valence-electron chi connectivity index (χ1n) is 45.2. The van der Waals surface area contributed by atoms with E-state index in [0.717, 1.165) is 95.7 Å². The van der Waals surface area contributed by atoms with Crippen LogP contribution in [-0.4, -0.2) is 30.7 Å². The molecule has 112 heavy (non-hydrogen) atoms. The van der Waals surface area contributed by atoms with Gasteiger partial charge in [-0.25, -0.2) is 0 Å². The number of ether oxygens (including phenoxy) is 2. The van der Waals surface area contributed by atoms with Crippen LogP contribution in [0.5, 0.6) is 11.5 Å². The third-order valence-corrected chi connectivity index (χ3v) is 34.9. The predicted molar refractivity (Wildman–Crippen MR) is 501 cm³/mol. The highest BCUT2D eigenvalue weighted by Crippen LogP contribution is 2.65. The lowest BCUT2D eigenvalue weighted by Crippen LogP contribution is -2.31. The number of hydrogen-bond acceptors (Lipinski definition) is 14. The van der Waals surface area contributed by atoms with Crippen LogP contribution in [0.15, 0.2) is 59.3 Å². The Hall–Kier alpha value is -4.38. The number of hydrogen-bond donors (Lipinski definition) is 0. The molecular formula is C98H134N4O2S8. The fourth-order valence-corrected chi connectivity index (χ4v) is 28.5. The van der Waals surface area contributed by atoms with Crippen LogP contribution in [0.4, 0.5) is 0 Å². The second-order valence-corrected chi connectivity index (χ2v) is 41.3. The lowest BCUT2D eigenvalue weighted by atomic mass is 9.65. The van der Waals surface area contributed by atoms with Gasteiger partial charge in [-0.15, -0.1) is 68.0 Å². The molecule has 6 nitrogen and oxygen atoms in total. The Morgan fingerprint density at radius 2 is 0.723 bits per heavy atom. The van der Waals surface area contributed by atoms with E-state index in [1.807, 2.05) is 45.3 Å². The highest BCUT2D eigenvalue weighted by atomic mass is 32.1. The van der Waals surface area contributed by atoms with Gasteiger partial charge < -0.3 is 9.47 Å². The number of nitrogens with zero attached hydrogens (tertiary/aromatic N) is 4. The van der Waals surface area contributed by atoms with Gasteiger partial charge in [0.25, 0.3) is 0 Å². The first-order chi connectivity index (χ1) is 54.8. The molecule has 606 valence electrons. The van der Waals surface area contributed by atoms with Crippen LogP contribution in [0.3, 0.4) is 0 Å². The normalized spacial score (nSPS) is 17.0. The zero-order chi connectivity index (χ0) is 78.6. The summed E-state index contributed by atoms with van der Waals surface area (Å²) in [5.41, 5.74) is 18.5. The van der Waals surface area contributed by atoms with Gasteiger partial charge in [0.2, 0.25) is 0 Å². The third kappa shape index (κ3) is 17.3. The van der Waals surface area contributed by atoms with Crippen LogP contribution in [0.1, 0.15) is 355 Å².